The van der Waals surface area contributed by atoms with E-state index in [1.165, 1.54) is 10.5 Å². The van der Waals surface area contributed by atoms with Crippen LogP contribution in [0, 0.1) is 17.7 Å². The van der Waals surface area contributed by atoms with Crippen LogP contribution in [-0.4, -0.2) is 46.3 Å². The Hall–Kier alpha value is -1.99. The maximum atomic E-state index is 13.0. The standard InChI is InChI=1S/C24H37N5OS/c1-15(17-8-6-9-18(12-11-17)20-16(2)27-14-31-20)28-22(26)19-10-7-13-29(19)23(30)21(25)24(3,4)5/h8,11-12,14-15,18-19,21H,6-7,9-10,13,25H2,1-5H3,(H2,26,28)/t15?,18?,19-,21+/m0/s1. The zero-order chi connectivity index (χ0) is 22.8. The SMILES string of the molecule is Cc1ncsc1C1C=CC(C(C)NC(=N)[C@@H]2CCCN2C(=O)[C@@H](N)C(C)(C)C)=CCC1. The second kappa shape index (κ2) is 9.65. The lowest BCUT2D eigenvalue weighted by atomic mass is 9.86. The molecule has 31 heavy (non-hydrogen) atoms. The molecule has 0 aromatic carbocycles. The van der Waals surface area contributed by atoms with Gasteiger partial charge in [0.05, 0.1) is 23.3 Å². The van der Waals surface area contributed by atoms with Crippen LogP contribution in [0.3, 0.4) is 0 Å². The Balaban J connectivity index is 1.64. The Morgan fingerprint density at radius 3 is 2.77 bits per heavy atom. The number of rotatable bonds is 5. The Morgan fingerprint density at radius 1 is 1.39 bits per heavy atom. The van der Waals surface area contributed by atoms with E-state index >= 15 is 0 Å². The number of carbonyl (C=O) groups is 1. The van der Waals surface area contributed by atoms with Crippen molar-refractivity contribution in [3.63, 3.8) is 0 Å². The molecule has 1 aliphatic heterocycles. The van der Waals surface area contributed by atoms with Crippen LogP contribution in [-0.2, 0) is 4.79 Å². The van der Waals surface area contributed by atoms with E-state index < -0.39 is 6.04 Å². The number of nitrogens with zero attached hydrogens (tertiary/aromatic N) is 2. The summed E-state index contributed by atoms with van der Waals surface area (Å²) in [6.07, 6.45) is 10.5. The molecule has 2 heterocycles. The summed E-state index contributed by atoms with van der Waals surface area (Å²) in [5, 5.41) is 12.1. The molecule has 1 amide bonds. The normalized spacial score (nSPS) is 23.8. The summed E-state index contributed by atoms with van der Waals surface area (Å²) in [6, 6.07) is -0.761. The Labute approximate surface area is 190 Å². The summed E-state index contributed by atoms with van der Waals surface area (Å²) >= 11 is 1.73. The number of likely N-dealkylation sites (tertiary alicyclic amines) is 1. The first-order chi connectivity index (χ1) is 14.6. The molecule has 1 aromatic rings. The third kappa shape index (κ3) is 5.44. The molecule has 1 saturated heterocycles. The van der Waals surface area contributed by atoms with Crippen molar-refractivity contribution in [1.82, 2.24) is 15.2 Å². The molecule has 0 spiro atoms. The number of hydrogen-bond acceptors (Lipinski definition) is 5. The number of aromatic nitrogens is 1. The van der Waals surface area contributed by atoms with Crippen molar-refractivity contribution in [2.75, 3.05) is 6.54 Å². The Bertz CT molecular complexity index is 866. The zero-order valence-electron chi connectivity index (χ0n) is 19.4. The monoisotopic (exact) mass is 443 g/mol. The van der Waals surface area contributed by atoms with Gasteiger partial charge in [-0.1, -0.05) is 39.0 Å². The highest BCUT2D eigenvalue weighted by Crippen LogP contribution is 2.32. The van der Waals surface area contributed by atoms with E-state index in [9.17, 15) is 4.79 Å². The lowest BCUT2D eigenvalue weighted by molar-refractivity contribution is -0.134. The molecule has 0 radical (unpaired) electrons. The largest absolute Gasteiger partial charge is 0.366 e. The zero-order valence-corrected chi connectivity index (χ0v) is 20.3. The molecule has 4 atom stereocenters. The molecule has 3 rings (SSSR count). The number of amidine groups is 1. The molecule has 4 N–H and O–H groups in total. The summed E-state index contributed by atoms with van der Waals surface area (Å²) < 4.78 is 0. The number of hydrogen-bond donors (Lipinski definition) is 3. The van der Waals surface area contributed by atoms with E-state index in [2.05, 4.69) is 42.4 Å². The first-order valence-electron chi connectivity index (χ1n) is 11.3. The fourth-order valence-electron chi connectivity index (χ4n) is 4.32. The summed E-state index contributed by atoms with van der Waals surface area (Å²) in [4.78, 5) is 20.5. The molecule has 6 nitrogen and oxygen atoms in total. The molecule has 170 valence electrons. The van der Waals surface area contributed by atoms with E-state index in [1.54, 1.807) is 16.2 Å². The molecular weight excluding hydrogens is 406 g/mol. The fraction of sp³-hybridized carbons (Fsp3) is 0.625. The fourth-order valence-corrected chi connectivity index (χ4v) is 5.24. The van der Waals surface area contributed by atoms with Crippen LogP contribution in [0.5, 0.6) is 0 Å². The number of nitrogens with one attached hydrogen (secondary N) is 2. The first kappa shape index (κ1) is 23.7. The molecule has 1 fully saturated rings. The number of allylic oxidation sites excluding steroid dienone is 2. The van der Waals surface area contributed by atoms with Gasteiger partial charge in [-0.05, 0) is 50.5 Å². The van der Waals surface area contributed by atoms with Crippen molar-refractivity contribution >= 4 is 23.1 Å². The van der Waals surface area contributed by atoms with Crippen molar-refractivity contribution < 1.29 is 4.79 Å². The van der Waals surface area contributed by atoms with E-state index in [-0.39, 0.29) is 23.4 Å². The smallest absolute Gasteiger partial charge is 0.240 e. The molecule has 0 saturated carbocycles. The van der Waals surface area contributed by atoms with Gasteiger partial charge in [0.15, 0.2) is 0 Å². The average molecular weight is 444 g/mol. The lowest BCUT2D eigenvalue weighted by Gasteiger charge is -2.34. The van der Waals surface area contributed by atoms with Crippen molar-refractivity contribution in [2.24, 2.45) is 11.1 Å². The highest BCUT2D eigenvalue weighted by molar-refractivity contribution is 7.09. The third-order valence-corrected chi connectivity index (χ3v) is 7.50. The quantitative estimate of drug-likeness (QED) is 0.471. The van der Waals surface area contributed by atoms with Crippen molar-refractivity contribution in [3.05, 3.63) is 39.9 Å². The predicted molar refractivity (Wildman–Crippen MR) is 129 cm³/mol. The minimum absolute atomic E-state index is 0.0129. The predicted octanol–water partition coefficient (Wildman–Crippen LogP) is 4.13. The van der Waals surface area contributed by atoms with Gasteiger partial charge in [0.2, 0.25) is 5.91 Å². The molecule has 2 unspecified atom stereocenters. The van der Waals surface area contributed by atoms with Gasteiger partial charge in [0.1, 0.15) is 5.84 Å². The number of amides is 1. The number of thiazole rings is 1. The average Bonchev–Trinajstić information content (AvgIpc) is 3.29. The molecule has 1 aromatic heterocycles. The highest BCUT2D eigenvalue weighted by Gasteiger charge is 2.38. The number of aryl methyl sites for hydroxylation is 1. The van der Waals surface area contributed by atoms with Crippen LogP contribution in [0.2, 0.25) is 0 Å². The van der Waals surface area contributed by atoms with Gasteiger partial charge in [0, 0.05) is 23.4 Å². The van der Waals surface area contributed by atoms with E-state index in [0.29, 0.717) is 18.3 Å². The molecular formula is C24H37N5OS. The summed E-state index contributed by atoms with van der Waals surface area (Å²) in [5.41, 5.74) is 10.2. The van der Waals surface area contributed by atoms with Crippen LogP contribution in [0.4, 0.5) is 0 Å². The summed E-state index contributed by atoms with van der Waals surface area (Å²) in [7, 11) is 0. The van der Waals surface area contributed by atoms with Crippen LogP contribution in [0.1, 0.15) is 69.9 Å². The lowest BCUT2D eigenvalue weighted by Crippen LogP contribution is -2.55. The van der Waals surface area contributed by atoms with E-state index in [1.807, 2.05) is 26.3 Å². The van der Waals surface area contributed by atoms with Crippen LogP contribution >= 0.6 is 11.3 Å². The summed E-state index contributed by atoms with van der Waals surface area (Å²) in [5.74, 6) is 0.758. The minimum Gasteiger partial charge on any atom is -0.366 e. The second-order valence-corrected chi connectivity index (χ2v) is 10.7. The van der Waals surface area contributed by atoms with Crippen molar-refractivity contribution in [1.29, 1.82) is 5.41 Å². The second-order valence-electron chi connectivity index (χ2n) is 9.86. The van der Waals surface area contributed by atoms with E-state index in [0.717, 1.165) is 31.4 Å². The van der Waals surface area contributed by atoms with Crippen molar-refractivity contribution in [3.8, 4) is 0 Å². The molecule has 2 aliphatic rings. The molecule has 0 bridgehead atoms. The topological polar surface area (TPSA) is 95.1 Å². The maximum Gasteiger partial charge on any atom is 0.240 e. The van der Waals surface area contributed by atoms with Gasteiger partial charge in [0.25, 0.3) is 0 Å². The number of carbonyl (C=O) groups excluding carboxylic acids is 1. The minimum atomic E-state index is -0.557. The van der Waals surface area contributed by atoms with Gasteiger partial charge in [-0.25, -0.2) is 4.98 Å². The van der Waals surface area contributed by atoms with Gasteiger partial charge in [-0.3, -0.25) is 10.2 Å². The van der Waals surface area contributed by atoms with Gasteiger partial charge < -0.3 is 16.0 Å². The van der Waals surface area contributed by atoms with E-state index in [4.69, 9.17) is 11.1 Å². The van der Waals surface area contributed by atoms with Crippen LogP contribution in [0.25, 0.3) is 0 Å². The van der Waals surface area contributed by atoms with Gasteiger partial charge in [-0.2, -0.15) is 0 Å². The van der Waals surface area contributed by atoms with Gasteiger partial charge >= 0.3 is 0 Å². The molecule has 7 heteroatoms. The molecule has 1 aliphatic carbocycles. The Morgan fingerprint density at radius 2 is 2.13 bits per heavy atom. The highest BCUT2D eigenvalue weighted by atomic mass is 32.1. The first-order valence-corrected chi connectivity index (χ1v) is 12.2. The maximum absolute atomic E-state index is 13.0. The van der Waals surface area contributed by atoms with Crippen molar-refractivity contribution in [2.45, 2.75) is 84.3 Å². The summed E-state index contributed by atoms with van der Waals surface area (Å²) in [6.45, 7) is 10.8. The Kier molecular flexibility index (Phi) is 7.37. The third-order valence-electron chi connectivity index (χ3n) is 6.44. The van der Waals surface area contributed by atoms with Crippen LogP contribution in [0.15, 0.2) is 29.3 Å². The number of nitrogens with two attached hydrogens (primary N) is 1. The van der Waals surface area contributed by atoms with Gasteiger partial charge in [-0.15, -0.1) is 11.3 Å². The van der Waals surface area contributed by atoms with Crippen LogP contribution < -0.4 is 11.1 Å².